The van der Waals surface area contributed by atoms with Crippen LogP contribution in [-0.2, 0) is 0 Å². The molecule has 13 heavy (non-hydrogen) atoms. The maximum atomic E-state index is 8.77. The average Bonchev–Trinajstić information content (AvgIpc) is 2.42. The van der Waals surface area contributed by atoms with Gasteiger partial charge in [0.15, 0.2) is 0 Å². The van der Waals surface area contributed by atoms with E-state index in [0.717, 1.165) is 14.2 Å². The molecule has 1 aliphatic rings. The third kappa shape index (κ3) is 1.60. The van der Waals surface area contributed by atoms with Gasteiger partial charge in [0.2, 0.25) is 0 Å². The van der Waals surface area contributed by atoms with Crippen LogP contribution in [0.3, 0.4) is 0 Å². The zero-order valence-electron chi connectivity index (χ0n) is 6.74. The van der Waals surface area contributed by atoms with E-state index in [1.54, 1.807) is 17.8 Å². The van der Waals surface area contributed by atoms with Gasteiger partial charge in [-0.3, -0.25) is 0 Å². The summed E-state index contributed by atoms with van der Waals surface area (Å²) in [6, 6.07) is 3.90. The lowest BCUT2D eigenvalue weighted by molar-refractivity contribution is 1.26. The Labute approximate surface area is 89.2 Å². The van der Waals surface area contributed by atoms with Crippen LogP contribution in [0.2, 0.25) is 4.34 Å². The number of aliphatic imine (C=N–C) groups is 1. The lowest BCUT2D eigenvalue weighted by Gasteiger charge is -2.12. The summed E-state index contributed by atoms with van der Waals surface area (Å²) in [5.41, 5.74) is 1.42. The van der Waals surface area contributed by atoms with Crippen molar-refractivity contribution < 1.29 is 0 Å². The minimum absolute atomic E-state index is 0.146. The van der Waals surface area contributed by atoms with Crippen molar-refractivity contribution in [1.29, 1.82) is 5.26 Å². The Hall–Kier alpha value is -0.500. The molecule has 1 atom stereocenters. The molecule has 0 bridgehead atoms. The molecule has 0 saturated heterocycles. The summed E-state index contributed by atoms with van der Waals surface area (Å²) in [5.74, 6) is 0. The van der Waals surface area contributed by atoms with Crippen LogP contribution in [0.15, 0.2) is 15.3 Å². The number of fused-ring (bicyclic) bond motifs is 1. The van der Waals surface area contributed by atoms with E-state index in [-0.39, 0.29) is 5.25 Å². The van der Waals surface area contributed by atoms with E-state index in [1.165, 1.54) is 11.3 Å². The summed E-state index contributed by atoms with van der Waals surface area (Å²) in [6.07, 6.45) is 0. The Morgan fingerprint density at radius 1 is 1.69 bits per heavy atom. The van der Waals surface area contributed by atoms with Crippen molar-refractivity contribution in [2.24, 2.45) is 4.99 Å². The van der Waals surface area contributed by atoms with E-state index in [9.17, 15) is 0 Å². The van der Waals surface area contributed by atoms with E-state index >= 15 is 0 Å². The van der Waals surface area contributed by atoms with Crippen LogP contribution < -0.4 is 0 Å². The lowest BCUT2D eigenvalue weighted by Crippen LogP contribution is -2.12. The maximum absolute atomic E-state index is 8.77. The van der Waals surface area contributed by atoms with Gasteiger partial charge in [-0.05, 0) is 13.0 Å². The van der Waals surface area contributed by atoms with Gasteiger partial charge in [0.1, 0.15) is 11.8 Å². The molecule has 0 amide bonds. The van der Waals surface area contributed by atoms with Crippen LogP contribution in [0, 0.1) is 11.3 Å². The van der Waals surface area contributed by atoms with E-state index < -0.39 is 0 Å². The Morgan fingerprint density at radius 3 is 3.15 bits per heavy atom. The second kappa shape index (κ2) is 3.33. The van der Waals surface area contributed by atoms with Crippen molar-refractivity contribution in [3.05, 3.63) is 10.4 Å². The van der Waals surface area contributed by atoms with E-state index in [1.807, 2.05) is 6.92 Å². The normalized spacial score (nSPS) is 20.4. The summed E-state index contributed by atoms with van der Waals surface area (Å²) < 4.78 is 1.84. The Balaban J connectivity index is 2.50. The summed E-state index contributed by atoms with van der Waals surface area (Å²) >= 11 is 9.01. The van der Waals surface area contributed by atoms with E-state index in [4.69, 9.17) is 16.9 Å². The van der Waals surface area contributed by atoms with Gasteiger partial charge in [-0.1, -0.05) is 11.6 Å². The third-order valence-corrected chi connectivity index (χ3v) is 4.26. The zero-order chi connectivity index (χ0) is 9.42. The van der Waals surface area contributed by atoms with Crippen LogP contribution in [0.1, 0.15) is 6.92 Å². The fourth-order valence-corrected chi connectivity index (χ4v) is 3.74. The standard InChI is InChI=1S/C8H5ClN2S2/c1-4-6(3-10)11-5-2-7(9)13-8(5)12-4/h2,4H,1H3. The number of rotatable bonds is 0. The predicted octanol–water partition coefficient (Wildman–Crippen LogP) is 3.49. The predicted molar refractivity (Wildman–Crippen MR) is 57.4 cm³/mol. The summed E-state index contributed by atoms with van der Waals surface area (Å²) in [5, 5.41) is 8.92. The minimum Gasteiger partial charge on any atom is -0.239 e. The SMILES string of the molecule is CC1Sc2sc(Cl)cc2N=C1C#N. The summed E-state index contributed by atoms with van der Waals surface area (Å²) in [7, 11) is 0. The van der Waals surface area contributed by atoms with Gasteiger partial charge >= 0.3 is 0 Å². The molecular formula is C8H5ClN2S2. The topological polar surface area (TPSA) is 36.1 Å². The monoisotopic (exact) mass is 228 g/mol. The first-order chi connectivity index (χ1) is 6.20. The van der Waals surface area contributed by atoms with E-state index in [0.29, 0.717) is 5.71 Å². The Morgan fingerprint density at radius 2 is 2.46 bits per heavy atom. The minimum atomic E-state index is 0.146. The molecule has 0 fully saturated rings. The molecule has 2 heterocycles. The van der Waals surface area contributed by atoms with Gasteiger partial charge in [-0.15, -0.1) is 23.1 Å². The average molecular weight is 229 g/mol. The molecule has 2 nitrogen and oxygen atoms in total. The molecule has 1 unspecified atom stereocenters. The number of nitriles is 1. The molecule has 1 aromatic heterocycles. The number of halogens is 1. The van der Waals surface area contributed by atoms with Crippen molar-refractivity contribution in [2.45, 2.75) is 16.4 Å². The third-order valence-electron chi connectivity index (χ3n) is 1.67. The van der Waals surface area contributed by atoms with Crippen molar-refractivity contribution in [3.63, 3.8) is 0 Å². The molecule has 5 heteroatoms. The Bertz CT molecular complexity index is 416. The van der Waals surface area contributed by atoms with Crippen molar-refractivity contribution >= 4 is 46.1 Å². The quantitative estimate of drug-likeness (QED) is 0.682. The molecule has 0 aliphatic carbocycles. The zero-order valence-corrected chi connectivity index (χ0v) is 9.13. The van der Waals surface area contributed by atoms with Gasteiger partial charge in [0, 0.05) is 0 Å². The number of nitrogens with zero attached hydrogens (tertiary/aromatic N) is 2. The molecule has 0 N–H and O–H groups in total. The van der Waals surface area contributed by atoms with Crippen LogP contribution in [0.25, 0.3) is 0 Å². The molecule has 0 spiro atoms. The molecular weight excluding hydrogens is 224 g/mol. The second-order valence-corrected chi connectivity index (χ2v) is 5.89. The van der Waals surface area contributed by atoms with Gasteiger partial charge < -0.3 is 0 Å². The highest BCUT2D eigenvalue weighted by molar-refractivity contribution is 8.02. The first-order valence-electron chi connectivity index (χ1n) is 3.65. The molecule has 1 aliphatic heterocycles. The molecule has 66 valence electrons. The van der Waals surface area contributed by atoms with Gasteiger partial charge in [-0.2, -0.15) is 5.26 Å². The van der Waals surface area contributed by atoms with Gasteiger partial charge in [0.25, 0.3) is 0 Å². The van der Waals surface area contributed by atoms with E-state index in [2.05, 4.69) is 11.1 Å². The summed E-state index contributed by atoms with van der Waals surface area (Å²) in [4.78, 5) is 4.23. The second-order valence-electron chi connectivity index (χ2n) is 2.59. The van der Waals surface area contributed by atoms with Crippen LogP contribution >= 0.6 is 34.7 Å². The highest BCUT2D eigenvalue weighted by Crippen LogP contribution is 2.45. The fraction of sp³-hybridized carbons (Fsp3) is 0.250. The first-order valence-corrected chi connectivity index (χ1v) is 5.73. The molecule has 0 saturated carbocycles. The maximum Gasteiger partial charge on any atom is 0.131 e. The largest absolute Gasteiger partial charge is 0.239 e. The van der Waals surface area contributed by atoms with Crippen LogP contribution in [-0.4, -0.2) is 11.0 Å². The fourth-order valence-electron chi connectivity index (χ4n) is 1.05. The Kier molecular flexibility index (Phi) is 2.33. The van der Waals surface area contributed by atoms with Crippen molar-refractivity contribution in [2.75, 3.05) is 0 Å². The smallest absolute Gasteiger partial charge is 0.131 e. The van der Waals surface area contributed by atoms with Gasteiger partial charge in [0.05, 0.1) is 19.5 Å². The number of hydrogen-bond donors (Lipinski definition) is 0. The number of hydrogen-bond acceptors (Lipinski definition) is 4. The van der Waals surface area contributed by atoms with Crippen molar-refractivity contribution in [3.8, 4) is 6.07 Å². The van der Waals surface area contributed by atoms with Crippen molar-refractivity contribution in [1.82, 2.24) is 0 Å². The molecule has 2 rings (SSSR count). The number of thiophene rings is 1. The lowest BCUT2D eigenvalue weighted by atomic mass is 10.3. The first kappa shape index (κ1) is 9.07. The molecule has 0 radical (unpaired) electrons. The molecule has 0 aromatic carbocycles. The highest BCUT2D eigenvalue weighted by Gasteiger charge is 2.21. The molecule has 1 aromatic rings. The van der Waals surface area contributed by atoms with Crippen LogP contribution in [0.5, 0.6) is 0 Å². The number of thioether (sulfide) groups is 1. The highest BCUT2D eigenvalue weighted by atomic mass is 35.5. The summed E-state index contributed by atoms with van der Waals surface area (Å²) in [6.45, 7) is 1.98. The van der Waals surface area contributed by atoms with Gasteiger partial charge in [-0.25, -0.2) is 4.99 Å². The van der Waals surface area contributed by atoms with Crippen LogP contribution in [0.4, 0.5) is 5.69 Å².